The van der Waals surface area contributed by atoms with Crippen molar-refractivity contribution in [3.05, 3.63) is 53.6 Å². The van der Waals surface area contributed by atoms with E-state index in [1.807, 2.05) is 19.9 Å². The molecule has 1 unspecified atom stereocenters. The highest BCUT2D eigenvalue weighted by Gasteiger charge is 2.14. The first-order valence-corrected chi connectivity index (χ1v) is 5.88. The second-order valence-electron chi connectivity index (χ2n) is 4.02. The second kappa shape index (κ2) is 5.60. The highest BCUT2D eigenvalue weighted by atomic mass is 16.5. The molecule has 0 fully saturated rings. The molecule has 0 aromatic carbocycles. The Hall–Kier alpha value is -1.94. The zero-order valence-corrected chi connectivity index (χ0v) is 10.5. The minimum absolute atomic E-state index is 0.577. The zero-order valence-electron chi connectivity index (χ0n) is 10.5. The lowest BCUT2D eigenvalue weighted by molar-refractivity contribution is 0.217. The van der Waals surface area contributed by atoms with E-state index in [4.69, 9.17) is 4.74 Å². The Morgan fingerprint density at radius 2 is 2.11 bits per heavy atom. The lowest BCUT2D eigenvalue weighted by Gasteiger charge is -2.14. The molecule has 0 aliphatic carbocycles. The minimum atomic E-state index is -0.730. The monoisotopic (exact) mass is 244 g/mol. The molecule has 0 bridgehead atoms. The van der Waals surface area contributed by atoms with Gasteiger partial charge < -0.3 is 9.84 Å². The molecular formula is C14H16N2O2. The van der Waals surface area contributed by atoms with Crippen molar-refractivity contribution in [3.8, 4) is 5.75 Å². The molecule has 2 aromatic rings. The highest BCUT2D eigenvalue weighted by molar-refractivity contribution is 5.34. The number of hydrogen-bond acceptors (Lipinski definition) is 4. The maximum atomic E-state index is 10.3. The summed E-state index contributed by atoms with van der Waals surface area (Å²) in [6, 6.07) is 3.67. The van der Waals surface area contributed by atoms with Crippen LogP contribution in [-0.4, -0.2) is 21.7 Å². The summed E-state index contributed by atoms with van der Waals surface area (Å²) in [6.45, 7) is 4.43. The number of aliphatic hydroxyl groups is 1. The summed E-state index contributed by atoms with van der Waals surface area (Å²) >= 11 is 0. The molecule has 1 N–H and O–H groups in total. The molecule has 0 aliphatic heterocycles. The van der Waals surface area contributed by atoms with E-state index in [2.05, 4.69) is 9.97 Å². The third-order valence-electron chi connectivity index (χ3n) is 2.74. The van der Waals surface area contributed by atoms with Crippen LogP contribution in [0.2, 0.25) is 0 Å². The van der Waals surface area contributed by atoms with Crippen molar-refractivity contribution >= 4 is 0 Å². The van der Waals surface area contributed by atoms with E-state index < -0.39 is 6.10 Å². The third kappa shape index (κ3) is 2.65. The summed E-state index contributed by atoms with van der Waals surface area (Å²) in [7, 11) is 0. The Bertz CT molecular complexity index is 529. The molecule has 0 spiro atoms. The number of hydrogen-bond donors (Lipinski definition) is 1. The van der Waals surface area contributed by atoms with Gasteiger partial charge in [0.15, 0.2) is 0 Å². The van der Waals surface area contributed by atoms with Crippen molar-refractivity contribution in [2.45, 2.75) is 20.0 Å². The fourth-order valence-corrected chi connectivity index (χ4v) is 1.77. The Morgan fingerprint density at radius 3 is 2.83 bits per heavy atom. The van der Waals surface area contributed by atoms with Crippen LogP contribution in [0.15, 0.2) is 36.9 Å². The molecule has 0 amide bonds. The SMILES string of the molecule is CCOc1cncc(C(O)c2cnccc2C)c1. The van der Waals surface area contributed by atoms with Crippen molar-refractivity contribution in [3.63, 3.8) is 0 Å². The van der Waals surface area contributed by atoms with Gasteiger partial charge in [0, 0.05) is 29.7 Å². The van der Waals surface area contributed by atoms with Crippen LogP contribution in [0.1, 0.15) is 29.7 Å². The van der Waals surface area contributed by atoms with Crippen molar-refractivity contribution in [1.82, 2.24) is 9.97 Å². The summed E-state index contributed by atoms with van der Waals surface area (Å²) in [4.78, 5) is 8.11. The second-order valence-corrected chi connectivity index (χ2v) is 4.02. The zero-order chi connectivity index (χ0) is 13.0. The lowest BCUT2D eigenvalue weighted by atomic mass is 10.0. The van der Waals surface area contributed by atoms with E-state index in [1.54, 1.807) is 30.9 Å². The summed E-state index contributed by atoms with van der Waals surface area (Å²) in [5.74, 6) is 0.663. The number of aromatic nitrogens is 2. The van der Waals surface area contributed by atoms with E-state index in [1.165, 1.54) is 0 Å². The molecule has 2 aromatic heterocycles. The molecule has 1 atom stereocenters. The van der Waals surface area contributed by atoms with Crippen molar-refractivity contribution in [1.29, 1.82) is 0 Å². The molecule has 4 heteroatoms. The van der Waals surface area contributed by atoms with Gasteiger partial charge in [-0.3, -0.25) is 9.97 Å². The van der Waals surface area contributed by atoms with Gasteiger partial charge in [0.1, 0.15) is 11.9 Å². The fraction of sp³-hybridized carbons (Fsp3) is 0.286. The summed E-state index contributed by atoms with van der Waals surface area (Å²) in [6.07, 6.45) is 5.93. The maximum Gasteiger partial charge on any atom is 0.137 e. The molecule has 0 radical (unpaired) electrons. The standard InChI is InChI=1S/C14H16N2O2/c1-3-18-12-6-11(7-16-8-12)14(17)13-9-15-5-4-10(13)2/h4-9,14,17H,3H2,1-2H3. The van der Waals surface area contributed by atoms with E-state index in [0.29, 0.717) is 17.9 Å². The van der Waals surface area contributed by atoms with Crippen molar-refractivity contribution in [2.24, 2.45) is 0 Å². The Kier molecular flexibility index (Phi) is 3.89. The van der Waals surface area contributed by atoms with Crippen molar-refractivity contribution < 1.29 is 9.84 Å². The van der Waals surface area contributed by atoms with Crippen LogP contribution in [0.4, 0.5) is 0 Å². The smallest absolute Gasteiger partial charge is 0.137 e. The molecule has 4 nitrogen and oxygen atoms in total. The summed E-state index contributed by atoms with van der Waals surface area (Å²) in [5.41, 5.74) is 2.49. The van der Waals surface area contributed by atoms with Crippen LogP contribution >= 0.6 is 0 Å². The largest absolute Gasteiger partial charge is 0.492 e. The normalized spacial score (nSPS) is 12.2. The van der Waals surface area contributed by atoms with Crippen LogP contribution in [0.3, 0.4) is 0 Å². The van der Waals surface area contributed by atoms with Gasteiger partial charge in [-0.1, -0.05) is 0 Å². The quantitative estimate of drug-likeness (QED) is 0.896. The average Bonchev–Trinajstić information content (AvgIpc) is 2.39. The predicted molar refractivity (Wildman–Crippen MR) is 68.4 cm³/mol. The van der Waals surface area contributed by atoms with E-state index >= 15 is 0 Å². The summed E-state index contributed by atoms with van der Waals surface area (Å²) < 4.78 is 5.37. The average molecular weight is 244 g/mol. The number of ether oxygens (including phenoxy) is 1. The van der Waals surface area contributed by atoms with Gasteiger partial charge >= 0.3 is 0 Å². The van der Waals surface area contributed by atoms with Crippen LogP contribution in [0.5, 0.6) is 5.75 Å². The van der Waals surface area contributed by atoms with Gasteiger partial charge in [0.05, 0.1) is 12.8 Å². The first-order valence-electron chi connectivity index (χ1n) is 5.88. The number of pyridine rings is 2. The Morgan fingerprint density at radius 1 is 1.28 bits per heavy atom. The molecule has 0 saturated carbocycles. The van der Waals surface area contributed by atoms with Crippen LogP contribution in [0, 0.1) is 6.92 Å². The van der Waals surface area contributed by atoms with Crippen molar-refractivity contribution in [2.75, 3.05) is 6.61 Å². The Balaban J connectivity index is 2.31. The van der Waals surface area contributed by atoms with Gasteiger partial charge in [0.25, 0.3) is 0 Å². The van der Waals surface area contributed by atoms with Crippen LogP contribution in [-0.2, 0) is 0 Å². The number of rotatable bonds is 4. The molecular weight excluding hydrogens is 228 g/mol. The topological polar surface area (TPSA) is 55.2 Å². The first kappa shape index (κ1) is 12.5. The van der Waals surface area contributed by atoms with Gasteiger partial charge in [0.2, 0.25) is 0 Å². The minimum Gasteiger partial charge on any atom is -0.492 e. The van der Waals surface area contributed by atoms with Gasteiger partial charge in [-0.2, -0.15) is 0 Å². The molecule has 2 heterocycles. The van der Waals surface area contributed by atoms with Gasteiger partial charge in [-0.25, -0.2) is 0 Å². The lowest BCUT2D eigenvalue weighted by Crippen LogP contribution is -2.04. The molecule has 94 valence electrons. The van der Waals surface area contributed by atoms with Crippen LogP contribution < -0.4 is 4.74 Å². The maximum absolute atomic E-state index is 10.3. The van der Waals surface area contributed by atoms with E-state index in [9.17, 15) is 5.11 Å². The van der Waals surface area contributed by atoms with Crippen LogP contribution in [0.25, 0.3) is 0 Å². The van der Waals surface area contributed by atoms with Gasteiger partial charge in [-0.15, -0.1) is 0 Å². The molecule has 0 saturated heterocycles. The predicted octanol–water partition coefficient (Wildman–Crippen LogP) is 2.27. The molecule has 18 heavy (non-hydrogen) atoms. The van der Waals surface area contributed by atoms with Gasteiger partial charge in [-0.05, 0) is 31.5 Å². The number of aliphatic hydroxyl groups excluding tert-OH is 1. The van der Waals surface area contributed by atoms with E-state index in [-0.39, 0.29) is 0 Å². The van der Waals surface area contributed by atoms with E-state index in [0.717, 1.165) is 11.1 Å². The fourth-order valence-electron chi connectivity index (χ4n) is 1.77. The third-order valence-corrected chi connectivity index (χ3v) is 2.74. The molecule has 2 rings (SSSR count). The first-order chi connectivity index (χ1) is 8.72. The highest BCUT2D eigenvalue weighted by Crippen LogP contribution is 2.25. The summed E-state index contributed by atoms with van der Waals surface area (Å²) in [5, 5.41) is 10.3. The number of aryl methyl sites for hydroxylation is 1. The number of nitrogens with zero attached hydrogens (tertiary/aromatic N) is 2. The Labute approximate surface area is 106 Å². The molecule has 0 aliphatic rings.